The smallest absolute Gasteiger partial charge is 0.0317 e. The summed E-state index contributed by atoms with van der Waals surface area (Å²) in [5, 5.41) is 0. The fourth-order valence-corrected chi connectivity index (χ4v) is 10.5. The van der Waals surface area contributed by atoms with Crippen molar-refractivity contribution in [1.82, 2.24) is 0 Å². The summed E-state index contributed by atoms with van der Waals surface area (Å²) in [6.07, 6.45) is 5.88. The van der Waals surface area contributed by atoms with E-state index in [0.29, 0.717) is 5.41 Å². The van der Waals surface area contributed by atoms with Gasteiger partial charge in [-0.05, 0) is 149 Å². The first-order valence-electron chi connectivity index (χ1n) is 14.2. The van der Waals surface area contributed by atoms with Crippen molar-refractivity contribution >= 4 is 5.69 Å². The Morgan fingerprint density at radius 3 is 2.24 bits per heavy atom. The summed E-state index contributed by atoms with van der Waals surface area (Å²) in [6, 6.07) is 30.0. The van der Waals surface area contributed by atoms with Crippen LogP contribution in [-0.2, 0) is 5.41 Å². The minimum atomic E-state index is 0.212. The first kappa shape index (κ1) is 20.7. The van der Waals surface area contributed by atoms with Gasteiger partial charge >= 0.3 is 0 Å². The van der Waals surface area contributed by atoms with E-state index in [-0.39, 0.29) is 5.41 Å². The van der Waals surface area contributed by atoms with Crippen molar-refractivity contribution in [1.29, 1.82) is 0 Å². The third kappa shape index (κ3) is 2.22. The Labute approximate surface area is 219 Å². The van der Waals surface area contributed by atoms with E-state index in [1.54, 1.807) is 11.1 Å². The molecule has 0 amide bonds. The molecule has 2 spiro atoms. The molecule has 4 fully saturated rings. The molecule has 2 bridgehead atoms. The first-order chi connectivity index (χ1) is 18.0. The number of nitrogens with two attached hydrogens (primary N) is 1. The van der Waals surface area contributed by atoms with Crippen molar-refractivity contribution in [2.24, 2.45) is 29.1 Å². The Hall–Kier alpha value is -3.32. The van der Waals surface area contributed by atoms with Crippen LogP contribution in [0.4, 0.5) is 5.69 Å². The Morgan fingerprint density at radius 1 is 0.649 bits per heavy atom. The van der Waals surface area contributed by atoms with Gasteiger partial charge in [-0.1, -0.05) is 54.6 Å². The molecule has 6 atom stereocenters. The standard InChI is InChI=1S/C36H33N/c1-20-5-3-4-6-27(20)29-15-23(8-7-21(29)2)24-9-12-31-30(16-24)28-11-10-26(37)18-32(28)36(31)33-14-22-13-25-17-34(36)35(25,33)19-22/h3-12,15-16,18,22,25,33-34H,13-14,17,19,37H2,1-2H3. The SMILES string of the molecule is Cc1ccccc1-c1cc(-c2ccc3c(c2)-c2ccc(N)cc2C32C3CC4CC5CC2C53C4)ccc1C. The van der Waals surface area contributed by atoms with Gasteiger partial charge in [0.15, 0.2) is 0 Å². The van der Waals surface area contributed by atoms with Crippen molar-refractivity contribution in [2.45, 2.75) is 44.9 Å². The van der Waals surface area contributed by atoms with Gasteiger partial charge in [0.05, 0.1) is 0 Å². The van der Waals surface area contributed by atoms with Gasteiger partial charge in [-0.2, -0.15) is 0 Å². The molecule has 6 unspecified atom stereocenters. The third-order valence-electron chi connectivity index (χ3n) is 11.8. The maximum Gasteiger partial charge on any atom is 0.0317 e. The molecule has 0 aromatic heterocycles. The summed E-state index contributed by atoms with van der Waals surface area (Å²) in [4.78, 5) is 0. The van der Waals surface area contributed by atoms with E-state index in [2.05, 4.69) is 92.7 Å². The van der Waals surface area contributed by atoms with Gasteiger partial charge in [-0.15, -0.1) is 0 Å². The van der Waals surface area contributed by atoms with Gasteiger partial charge in [0, 0.05) is 11.1 Å². The predicted molar refractivity (Wildman–Crippen MR) is 152 cm³/mol. The first-order valence-corrected chi connectivity index (χ1v) is 14.2. The van der Waals surface area contributed by atoms with Crippen LogP contribution in [0.5, 0.6) is 0 Å². The normalized spacial score (nSPS) is 33.0. The van der Waals surface area contributed by atoms with Gasteiger partial charge < -0.3 is 5.73 Å². The summed E-state index contributed by atoms with van der Waals surface area (Å²) in [5.41, 5.74) is 22.3. The van der Waals surface area contributed by atoms with Crippen LogP contribution in [0.15, 0.2) is 78.9 Å². The molecule has 5 aliphatic rings. The molecule has 0 heterocycles. The molecule has 9 rings (SSSR count). The van der Waals surface area contributed by atoms with Crippen molar-refractivity contribution in [3.8, 4) is 33.4 Å². The van der Waals surface area contributed by atoms with Crippen molar-refractivity contribution in [2.75, 3.05) is 5.73 Å². The van der Waals surface area contributed by atoms with Crippen molar-refractivity contribution < 1.29 is 0 Å². The largest absolute Gasteiger partial charge is 0.399 e. The molecule has 4 saturated carbocycles. The van der Waals surface area contributed by atoms with E-state index < -0.39 is 0 Å². The molecule has 0 saturated heterocycles. The van der Waals surface area contributed by atoms with Crippen LogP contribution < -0.4 is 5.73 Å². The lowest BCUT2D eigenvalue weighted by Gasteiger charge is -2.76. The molecule has 0 radical (unpaired) electrons. The van der Waals surface area contributed by atoms with Crippen LogP contribution in [0, 0.1) is 42.9 Å². The average molecular weight is 480 g/mol. The van der Waals surface area contributed by atoms with Gasteiger partial charge in [0.25, 0.3) is 0 Å². The van der Waals surface area contributed by atoms with Crippen LogP contribution in [0.2, 0.25) is 0 Å². The van der Waals surface area contributed by atoms with Gasteiger partial charge in [-0.25, -0.2) is 0 Å². The van der Waals surface area contributed by atoms with Crippen molar-refractivity contribution in [3.05, 3.63) is 101 Å². The van der Waals surface area contributed by atoms with E-state index in [9.17, 15) is 0 Å². The number of rotatable bonds is 2. The minimum absolute atomic E-state index is 0.212. The molecule has 4 aromatic carbocycles. The van der Waals surface area contributed by atoms with Crippen LogP contribution in [-0.4, -0.2) is 0 Å². The zero-order valence-corrected chi connectivity index (χ0v) is 21.7. The number of fused-ring (bicyclic) bond motifs is 8. The maximum absolute atomic E-state index is 6.45. The van der Waals surface area contributed by atoms with E-state index in [4.69, 9.17) is 5.73 Å². The molecule has 37 heavy (non-hydrogen) atoms. The lowest BCUT2D eigenvalue weighted by molar-refractivity contribution is -0.231. The molecular weight excluding hydrogens is 446 g/mol. The van der Waals surface area contributed by atoms with E-state index in [1.807, 2.05) is 0 Å². The lowest BCUT2D eigenvalue weighted by atomic mass is 9.27. The van der Waals surface area contributed by atoms with Crippen LogP contribution >= 0.6 is 0 Å². The maximum atomic E-state index is 6.45. The Balaban J connectivity index is 1.22. The molecule has 0 aliphatic heterocycles. The third-order valence-corrected chi connectivity index (χ3v) is 11.8. The summed E-state index contributed by atoms with van der Waals surface area (Å²) in [6.45, 7) is 4.44. The number of benzene rings is 4. The molecule has 5 aliphatic carbocycles. The number of hydrogen-bond donors (Lipinski definition) is 1. The zero-order chi connectivity index (χ0) is 24.7. The minimum Gasteiger partial charge on any atom is -0.399 e. The van der Waals surface area contributed by atoms with E-state index in [1.165, 1.54) is 70.2 Å². The van der Waals surface area contributed by atoms with Crippen LogP contribution in [0.25, 0.3) is 33.4 Å². The molecule has 1 nitrogen and oxygen atoms in total. The van der Waals surface area contributed by atoms with Gasteiger partial charge in [0.1, 0.15) is 0 Å². The highest BCUT2D eigenvalue weighted by molar-refractivity contribution is 5.88. The number of hydrogen-bond acceptors (Lipinski definition) is 1. The molecule has 182 valence electrons. The monoisotopic (exact) mass is 479 g/mol. The predicted octanol–water partition coefficient (Wildman–Crippen LogP) is 8.55. The second-order valence-corrected chi connectivity index (χ2v) is 13.0. The van der Waals surface area contributed by atoms with Gasteiger partial charge in [-0.3, -0.25) is 0 Å². The summed E-state index contributed by atoms with van der Waals surface area (Å²) in [7, 11) is 0. The average Bonchev–Trinajstić information content (AvgIpc) is 3.52. The molecular formula is C36H33N. The highest BCUT2D eigenvalue weighted by atomic mass is 14.9. The van der Waals surface area contributed by atoms with Crippen LogP contribution in [0.3, 0.4) is 0 Å². The number of nitrogen functional groups attached to an aromatic ring is 1. The summed E-state index contributed by atoms with van der Waals surface area (Å²) < 4.78 is 0. The molecule has 1 heteroatoms. The highest BCUT2D eigenvalue weighted by Gasteiger charge is 2.84. The second-order valence-electron chi connectivity index (χ2n) is 13.0. The van der Waals surface area contributed by atoms with E-state index >= 15 is 0 Å². The topological polar surface area (TPSA) is 26.0 Å². The molecule has 2 N–H and O–H groups in total. The second kappa shape index (κ2) is 6.57. The summed E-state index contributed by atoms with van der Waals surface area (Å²) in [5.74, 6) is 3.62. The lowest BCUT2D eigenvalue weighted by Crippen LogP contribution is -2.73. The fraction of sp³-hybridized carbons (Fsp3) is 0.333. The zero-order valence-electron chi connectivity index (χ0n) is 21.7. The Kier molecular flexibility index (Phi) is 3.67. The van der Waals surface area contributed by atoms with E-state index in [0.717, 1.165) is 29.4 Å². The summed E-state index contributed by atoms with van der Waals surface area (Å²) >= 11 is 0. The number of aryl methyl sites for hydroxylation is 2. The Bertz CT molecular complexity index is 1660. The quantitative estimate of drug-likeness (QED) is 0.286. The Morgan fingerprint density at radius 2 is 1.41 bits per heavy atom. The van der Waals surface area contributed by atoms with Gasteiger partial charge in [0.2, 0.25) is 0 Å². The van der Waals surface area contributed by atoms with Crippen LogP contribution in [0.1, 0.15) is 47.9 Å². The number of anilines is 1. The molecule has 4 aromatic rings. The fourth-order valence-electron chi connectivity index (χ4n) is 10.5. The van der Waals surface area contributed by atoms with Crippen molar-refractivity contribution in [3.63, 3.8) is 0 Å². The highest BCUT2D eigenvalue weighted by Crippen LogP contribution is 2.89.